The van der Waals surface area contributed by atoms with Crippen molar-refractivity contribution in [3.8, 4) is 5.75 Å². The van der Waals surface area contributed by atoms with E-state index in [2.05, 4.69) is 33.8 Å². The van der Waals surface area contributed by atoms with E-state index in [0.29, 0.717) is 16.5 Å². The third-order valence-corrected chi connectivity index (χ3v) is 9.56. The predicted octanol–water partition coefficient (Wildman–Crippen LogP) is 8.19. The van der Waals surface area contributed by atoms with Crippen LogP contribution in [0.3, 0.4) is 0 Å². The number of nitrogens with zero attached hydrogens (tertiary/aromatic N) is 3. The first-order valence-corrected chi connectivity index (χ1v) is 13.1. The van der Waals surface area contributed by atoms with Crippen molar-refractivity contribution < 1.29 is 8.91 Å². The lowest BCUT2D eigenvalue weighted by molar-refractivity contribution is 0.555. The van der Waals surface area contributed by atoms with Gasteiger partial charge in [0.05, 0.1) is 16.2 Å². The van der Waals surface area contributed by atoms with E-state index in [1.165, 1.54) is 12.1 Å². The van der Waals surface area contributed by atoms with Gasteiger partial charge in [0.2, 0.25) is 0 Å². The Morgan fingerprint density at radius 2 is 1.67 bits per heavy atom. The summed E-state index contributed by atoms with van der Waals surface area (Å²) in [4.78, 5) is 0. The highest BCUT2D eigenvalue weighted by Gasteiger charge is 2.43. The maximum Gasteiger partial charge on any atom is 0.191 e. The van der Waals surface area contributed by atoms with Gasteiger partial charge in [-0.15, -0.1) is 0 Å². The zero-order valence-electron chi connectivity index (χ0n) is 19.3. The molecule has 0 aliphatic carbocycles. The molecule has 0 N–H and O–H groups in total. The quantitative estimate of drug-likeness (QED) is 0.259. The Bertz CT molecular complexity index is 1330. The lowest BCUT2D eigenvalue weighted by Gasteiger charge is -2.37. The lowest BCUT2D eigenvalue weighted by Crippen LogP contribution is -2.32. The maximum atomic E-state index is 13.7. The second kappa shape index (κ2) is 9.32. The van der Waals surface area contributed by atoms with Crippen LogP contribution in [0.15, 0.2) is 77.5 Å². The molecule has 0 saturated carbocycles. The van der Waals surface area contributed by atoms with Crippen LogP contribution in [-0.2, 0) is 6.54 Å². The maximum absolute atomic E-state index is 13.7. The molecule has 0 saturated heterocycles. The smallest absolute Gasteiger partial charge is 0.191 e. The summed E-state index contributed by atoms with van der Waals surface area (Å²) in [5, 5.41) is 6.05. The van der Waals surface area contributed by atoms with Gasteiger partial charge in [-0.3, -0.25) is 4.68 Å². The molecule has 1 aromatic heterocycles. The number of benzene rings is 3. The van der Waals surface area contributed by atoms with Crippen LogP contribution in [-0.4, -0.2) is 14.9 Å². The van der Waals surface area contributed by atoms with Crippen LogP contribution >= 0.6 is 18.9 Å². The summed E-state index contributed by atoms with van der Waals surface area (Å²) in [6.07, 6.45) is 0.910. The molecule has 33 heavy (non-hydrogen) atoms. The van der Waals surface area contributed by atoms with Crippen molar-refractivity contribution in [2.45, 2.75) is 45.8 Å². The molecule has 0 amide bonds. The summed E-state index contributed by atoms with van der Waals surface area (Å²) in [6, 6.07) is 21.7. The average Bonchev–Trinajstić information content (AvgIpc) is 3.14. The normalized spacial score (nSPS) is 13.6. The minimum absolute atomic E-state index is 0.313. The molecule has 0 fully saturated rings. The zero-order valence-corrected chi connectivity index (χ0v) is 20.9. The third-order valence-electron chi connectivity index (χ3n) is 5.40. The molecule has 4 aromatic rings. The SMILES string of the molecule is CCCn1nc2ccccc2c1P(=Nc1ccccc1Cl)(Oc1ccc(F)cc1)C(C)(C)C. The summed E-state index contributed by atoms with van der Waals surface area (Å²) in [5.74, 6) is 0.246. The van der Waals surface area contributed by atoms with Crippen LogP contribution in [0.1, 0.15) is 34.1 Å². The summed E-state index contributed by atoms with van der Waals surface area (Å²) in [7, 11) is -2.86. The number of aromatic nitrogens is 2. The molecule has 0 aliphatic rings. The Balaban J connectivity index is 2.13. The molecule has 7 heteroatoms. The van der Waals surface area contributed by atoms with Crippen LogP contribution in [0.25, 0.3) is 10.9 Å². The Labute approximate surface area is 199 Å². The lowest BCUT2D eigenvalue weighted by atomic mass is 10.2. The van der Waals surface area contributed by atoms with Crippen molar-refractivity contribution in [3.63, 3.8) is 0 Å². The molecule has 0 aliphatic heterocycles. The van der Waals surface area contributed by atoms with E-state index in [1.807, 2.05) is 47.1 Å². The molecule has 4 rings (SSSR count). The van der Waals surface area contributed by atoms with Gasteiger partial charge in [-0.1, -0.05) is 69.6 Å². The topological polar surface area (TPSA) is 39.4 Å². The second-order valence-corrected chi connectivity index (χ2v) is 12.6. The van der Waals surface area contributed by atoms with E-state index in [4.69, 9.17) is 26.0 Å². The predicted molar refractivity (Wildman–Crippen MR) is 137 cm³/mol. The fraction of sp³-hybridized carbons (Fsp3) is 0.269. The van der Waals surface area contributed by atoms with Crippen molar-refractivity contribution >= 4 is 40.9 Å². The van der Waals surface area contributed by atoms with Gasteiger partial charge in [0, 0.05) is 17.1 Å². The molecule has 0 bridgehead atoms. The highest BCUT2D eigenvalue weighted by Crippen LogP contribution is 2.63. The van der Waals surface area contributed by atoms with Gasteiger partial charge in [0.25, 0.3) is 0 Å². The largest absolute Gasteiger partial charge is 0.454 e. The number of rotatable bonds is 6. The number of hydrogen-bond acceptors (Lipinski definition) is 3. The zero-order chi connectivity index (χ0) is 23.6. The van der Waals surface area contributed by atoms with Crippen LogP contribution in [0.2, 0.25) is 5.02 Å². The van der Waals surface area contributed by atoms with Crippen LogP contribution in [0, 0.1) is 5.82 Å². The van der Waals surface area contributed by atoms with Crippen molar-refractivity contribution in [2.24, 2.45) is 4.74 Å². The van der Waals surface area contributed by atoms with E-state index in [-0.39, 0.29) is 5.82 Å². The van der Waals surface area contributed by atoms with Gasteiger partial charge in [-0.2, -0.15) is 5.10 Å². The molecule has 1 unspecified atom stereocenters. The van der Waals surface area contributed by atoms with Gasteiger partial charge in [-0.25, -0.2) is 9.14 Å². The Morgan fingerprint density at radius 1 is 1.00 bits per heavy atom. The van der Waals surface area contributed by atoms with Crippen molar-refractivity contribution in [3.05, 3.63) is 83.6 Å². The van der Waals surface area contributed by atoms with Crippen LogP contribution < -0.4 is 9.96 Å². The van der Waals surface area contributed by atoms with Gasteiger partial charge >= 0.3 is 0 Å². The summed E-state index contributed by atoms with van der Waals surface area (Å²) >= 11 is 6.58. The Morgan fingerprint density at radius 3 is 2.33 bits per heavy atom. The van der Waals surface area contributed by atoms with Crippen LogP contribution in [0.4, 0.5) is 10.1 Å². The van der Waals surface area contributed by atoms with E-state index in [1.54, 1.807) is 12.1 Å². The van der Waals surface area contributed by atoms with E-state index < -0.39 is 12.4 Å². The minimum Gasteiger partial charge on any atom is -0.454 e. The number of hydrogen-bond donors (Lipinski definition) is 0. The third kappa shape index (κ3) is 4.58. The van der Waals surface area contributed by atoms with Crippen molar-refractivity contribution in [1.29, 1.82) is 0 Å². The second-order valence-electron chi connectivity index (χ2n) is 8.91. The standard InChI is InChI=1S/C26H28ClFN3OP/c1-5-18-31-25(21-10-6-8-12-23(21)29-31)33(26(2,3)4,30-24-13-9-7-11-22(24)27)32-20-16-14-19(28)15-17-20/h6-17H,5,18H2,1-4H3. The minimum atomic E-state index is -2.86. The summed E-state index contributed by atoms with van der Waals surface area (Å²) < 4.78 is 27.9. The van der Waals surface area contributed by atoms with Gasteiger partial charge in [0.15, 0.2) is 7.28 Å². The van der Waals surface area contributed by atoms with Crippen LogP contribution in [0.5, 0.6) is 5.75 Å². The Kier molecular flexibility index (Phi) is 6.65. The van der Waals surface area contributed by atoms with E-state index >= 15 is 0 Å². The molecular formula is C26H28ClFN3OP. The number of aryl methyl sites for hydroxylation is 1. The molecule has 1 heterocycles. The average molecular weight is 484 g/mol. The van der Waals surface area contributed by atoms with E-state index in [9.17, 15) is 4.39 Å². The fourth-order valence-corrected chi connectivity index (χ4v) is 7.35. The van der Waals surface area contributed by atoms with Gasteiger partial charge < -0.3 is 4.52 Å². The molecule has 4 nitrogen and oxygen atoms in total. The monoisotopic (exact) mass is 483 g/mol. The molecular weight excluding hydrogens is 456 g/mol. The fourth-order valence-electron chi connectivity index (χ4n) is 3.80. The van der Waals surface area contributed by atoms with Crippen molar-refractivity contribution in [2.75, 3.05) is 0 Å². The number of halogens is 2. The first-order valence-electron chi connectivity index (χ1n) is 11.0. The molecule has 1 atom stereocenters. The van der Waals surface area contributed by atoms with Gasteiger partial charge in [-0.05, 0) is 48.9 Å². The Hall–Kier alpha value is -2.62. The van der Waals surface area contributed by atoms with Crippen molar-refractivity contribution in [1.82, 2.24) is 9.78 Å². The highest BCUT2D eigenvalue weighted by molar-refractivity contribution is 7.71. The summed E-state index contributed by atoms with van der Waals surface area (Å²) in [5.41, 5.74) is 2.52. The van der Waals surface area contributed by atoms with E-state index in [0.717, 1.165) is 29.3 Å². The molecule has 172 valence electrons. The first-order chi connectivity index (χ1) is 15.7. The first kappa shape index (κ1) is 23.5. The molecule has 0 spiro atoms. The summed E-state index contributed by atoms with van der Waals surface area (Å²) in [6.45, 7) is 9.24. The number of fused-ring (bicyclic) bond motifs is 1. The van der Waals surface area contributed by atoms with Gasteiger partial charge in [0.1, 0.15) is 17.0 Å². The highest BCUT2D eigenvalue weighted by atomic mass is 35.5. The molecule has 0 radical (unpaired) electrons. The molecule has 3 aromatic carbocycles.